The second-order valence-electron chi connectivity index (χ2n) is 3.86. The Bertz CT molecular complexity index is 695. The van der Waals surface area contributed by atoms with Crippen LogP contribution in [0.15, 0.2) is 36.5 Å². The molecule has 0 spiro atoms. The first-order valence-electron chi connectivity index (χ1n) is 5.61. The van der Waals surface area contributed by atoms with Crippen molar-refractivity contribution in [2.24, 2.45) is 0 Å². The predicted octanol–water partition coefficient (Wildman–Crippen LogP) is 2.88. The number of pyridine rings is 1. The summed E-state index contributed by atoms with van der Waals surface area (Å²) >= 11 is 5.94. The van der Waals surface area contributed by atoms with Crippen molar-refractivity contribution in [3.05, 3.63) is 58.4 Å². The molecule has 2 aromatic rings. The van der Waals surface area contributed by atoms with Crippen LogP contribution >= 0.6 is 11.6 Å². The minimum absolute atomic E-state index is 0.0847. The first-order chi connectivity index (χ1) is 9.61. The van der Waals surface area contributed by atoms with Crippen molar-refractivity contribution in [1.29, 1.82) is 5.26 Å². The summed E-state index contributed by atoms with van der Waals surface area (Å²) in [7, 11) is 0. The van der Waals surface area contributed by atoms with E-state index in [-0.39, 0.29) is 22.9 Å². The van der Waals surface area contributed by atoms with Gasteiger partial charge >= 0.3 is 5.97 Å². The largest absolute Gasteiger partial charge is 0.487 e. The number of carboxylic acid groups (broad SMARTS) is 1. The number of carbonyl (C=O) groups is 1. The molecule has 0 aliphatic heterocycles. The van der Waals surface area contributed by atoms with E-state index in [1.807, 2.05) is 6.07 Å². The van der Waals surface area contributed by atoms with E-state index in [1.54, 1.807) is 12.1 Å². The van der Waals surface area contributed by atoms with E-state index in [1.165, 1.54) is 24.4 Å². The second-order valence-corrected chi connectivity index (χ2v) is 4.27. The molecule has 0 atom stereocenters. The standard InChI is InChI=1S/C14H9ClN2O3/c15-11-6-9(14(18)19)3-4-13(11)20-8-10-2-1-5-17-12(10)7-16/h1-6H,8H2,(H,18,19). The van der Waals surface area contributed by atoms with Gasteiger partial charge in [-0.05, 0) is 24.3 Å². The van der Waals surface area contributed by atoms with Crippen LogP contribution < -0.4 is 4.74 Å². The molecule has 0 aliphatic rings. The van der Waals surface area contributed by atoms with Gasteiger partial charge in [0, 0.05) is 11.8 Å². The molecular weight excluding hydrogens is 280 g/mol. The molecule has 0 radical (unpaired) electrons. The molecule has 100 valence electrons. The summed E-state index contributed by atoms with van der Waals surface area (Å²) in [4.78, 5) is 14.7. The highest BCUT2D eigenvalue weighted by molar-refractivity contribution is 6.32. The number of nitrogens with zero attached hydrogens (tertiary/aromatic N) is 2. The average Bonchev–Trinajstić information content (AvgIpc) is 2.46. The molecule has 0 unspecified atom stereocenters. The van der Waals surface area contributed by atoms with Gasteiger partial charge in [-0.2, -0.15) is 5.26 Å². The van der Waals surface area contributed by atoms with Gasteiger partial charge in [0.1, 0.15) is 24.1 Å². The maximum atomic E-state index is 10.8. The van der Waals surface area contributed by atoms with Crippen LogP contribution in [0.3, 0.4) is 0 Å². The van der Waals surface area contributed by atoms with Crippen molar-refractivity contribution in [1.82, 2.24) is 4.98 Å². The van der Waals surface area contributed by atoms with Crippen molar-refractivity contribution >= 4 is 17.6 Å². The highest BCUT2D eigenvalue weighted by Gasteiger charge is 2.09. The monoisotopic (exact) mass is 288 g/mol. The zero-order chi connectivity index (χ0) is 14.5. The van der Waals surface area contributed by atoms with Gasteiger partial charge in [0.2, 0.25) is 0 Å². The van der Waals surface area contributed by atoms with Crippen LogP contribution in [0.4, 0.5) is 0 Å². The fraction of sp³-hybridized carbons (Fsp3) is 0.0714. The van der Waals surface area contributed by atoms with E-state index in [9.17, 15) is 4.79 Å². The summed E-state index contributed by atoms with van der Waals surface area (Å²) < 4.78 is 5.48. The number of hydrogen-bond acceptors (Lipinski definition) is 4. The van der Waals surface area contributed by atoms with E-state index < -0.39 is 5.97 Å². The smallest absolute Gasteiger partial charge is 0.335 e. The van der Waals surface area contributed by atoms with Crippen LogP contribution in [-0.4, -0.2) is 16.1 Å². The highest BCUT2D eigenvalue weighted by atomic mass is 35.5. The average molecular weight is 289 g/mol. The lowest BCUT2D eigenvalue weighted by molar-refractivity contribution is 0.0697. The first-order valence-corrected chi connectivity index (χ1v) is 5.99. The van der Waals surface area contributed by atoms with Gasteiger partial charge in [-0.3, -0.25) is 0 Å². The van der Waals surface area contributed by atoms with Crippen molar-refractivity contribution in [2.75, 3.05) is 0 Å². The van der Waals surface area contributed by atoms with Crippen LogP contribution in [0.1, 0.15) is 21.6 Å². The second kappa shape index (κ2) is 6.04. The molecule has 5 nitrogen and oxygen atoms in total. The Hall–Kier alpha value is -2.58. The summed E-state index contributed by atoms with van der Waals surface area (Å²) in [6.45, 7) is 0.128. The topological polar surface area (TPSA) is 83.2 Å². The molecule has 0 amide bonds. The molecule has 1 aromatic carbocycles. The Kier molecular flexibility index (Phi) is 4.18. The van der Waals surface area contributed by atoms with Crippen LogP contribution in [-0.2, 0) is 6.61 Å². The maximum Gasteiger partial charge on any atom is 0.335 e. The quantitative estimate of drug-likeness (QED) is 0.935. The number of nitriles is 1. The minimum atomic E-state index is -1.06. The summed E-state index contributed by atoms with van der Waals surface area (Å²) in [5.74, 6) is -0.707. The van der Waals surface area contributed by atoms with Gasteiger partial charge in [-0.15, -0.1) is 0 Å². The van der Waals surface area contributed by atoms with E-state index in [0.717, 1.165) is 0 Å². The molecule has 1 heterocycles. The Balaban J connectivity index is 2.16. The molecule has 0 bridgehead atoms. The molecule has 1 aromatic heterocycles. The SMILES string of the molecule is N#Cc1ncccc1COc1ccc(C(=O)O)cc1Cl. The highest BCUT2D eigenvalue weighted by Crippen LogP contribution is 2.26. The zero-order valence-electron chi connectivity index (χ0n) is 10.2. The molecule has 0 fully saturated rings. The summed E-state index contributed by atoms with van der Waals surface area (Å²) in [5.41, 5.74) is 1.00. The van der Waals surface area contributed by atoms with Gasteiger partial charge in [-0.1, -0.05) is 17.7 Å². The third-order valence-corrected chi connectivity index (χ3v) is 2.85. The maximum absolute atomic E-state index is 10.8. The van der Waals surface area contributed by atoms with Gasteiger partial charge in [0.15, 0.2) is 0 Å². The number of benzene rings is 1. The first kappa shape index (κ1) is 13.8. The van der Waals surface area contributed by atoms with Crippen molar-refractivity contribution in [2.45, 2.75) is 6.61 Å². The molecule has 0 saturated heterocycles. The van der Waals surface area contributed by atoms with Crippen LogP contribution in [0.2, 0.25) is 5.02 Å². The Morgan fingerprint density at radius 2 is 2.25 bits per heavy atom. The third-order valence-electron chi connectivity index (χ3n) is 2.56. The predicted molar refractivity (Wildman–Crippen MR) is 71.7 cm³/mol. The number of aromatic carboxylic acids is 1. The van der Waals surface area contributed by atoms with Gasteiger partial charge in [0.25, 0.3) is 0 Å². The molecule has 20 heavy (non-hydrogen) atoms. The lowest BCUT2D eigenvalue weighted by Gasteiger charge is -2.09. The number of rotatable bonds is 4. The fourth-order valence-electron chi connectivity index (χ4n) is 1.56. The summed E-state index contributed by atoms with van der Waals surface area (Å²) in [5, 5.41) is 17.9. The zero-order valence-corrected chi connectivity index (χ0v) is 11.0. The lowest BCUT2D eigenvalue weighted by Crippen LogP contribution is -2.01. The Morgan fingerprint density at radius 3 is 2.90 bits per heavy atom. The summed E-state index contributed by atoms with van der Waals surface area (Å²) in [6.07, 6.45) is 1.52. The molecule has 0 saturated carbocycles. The Labute approximate surface area is 120 Å². The van der Waals surface area contributed by atoms with Crippen LogP contribution in [0.5, 0.6) is 5.75 Å². The van der Waals surface area contributed by atoms with Crippen molar-refractivity contribution in [3.8, 4) is 11.8 Å². The molecule has 2 rings (SSSR count). The number of carboxylic acids is 1. The third kappa shape index (κ3) is 3.05. The lowest BCUT2D eigenvalue weighted by atomic mass is 10.2. The Morgan fingerprint density at radius 1 is 1.45 bits per heavy atom. The fourth-order valence-corrected chi connectivity index (χ4v) is 1.80. The summed E-state index contributed by atoms with van der Waals surface area (Å²) in [6, 6.07) is 9.59. The molecule has 1 N–H and O–H groups in total. The van der Waals surface area contributed by atoms with Crippen molar-refractivity contribution < 1.29 is 14.6 Å². The molecule has 6 heteroatoms. The number of aromatic nitrogens is 1. The van der Waals surface area contributed by atoms with Crippen LogP contribution in [0.25, 0.3) is 0 Å². The van der Waals surface area contributed by atoms with Crippen LogP contribution in [0, 0.1) is 11.3 Å². The number of ether oxygens (including phenoxy) is 1. The van der Waals surface area contributed by atoms with E-state index in [0.29, 0.717) is 11.3 Å². The molecular formula is C14H9ClN2O3. The van der Waals surface area contributed by atoms with E-state index >= 15 is 0 Å². The number of hydrogen-bond donors (Lipinski definition) is 1. The van der Waals surface area contributed by atoms with E-state index in [2.05, 4.69) is 4.98 Å². The van der Waals surface area contributed by atoms with Gasteiger partial charge in [0.05, 0.1) is 10.6 Å². The minimum Gasteiger partial charge on any atom is -0.487 e. The normalized spacial score (nSPS) is 9.80. The number of halogens is 1. The van der Waals surface area contributed by atoms with Gasteiger partial charge < -0.3 is 9.84 Å². The van der Waals surface area contributed by atoms with E-state index in [4.69, 9.17) is 26.7 Å². The molecule has 0 aliphatic carbocycles. The van der Waals surface area contributed by atoms with Gasteiger partial charge in [-0.25, -0.2) is 9.78 Å². The van der Waals surface area contributed by atoms with Crippen molar-refractivity contribution in [3.63, 3.8) is 0 Å².